The summed E-state index contributed by atoms with van der Waals surface area (Å²) in [6.07, 6.45) is 6.08. The van der Waals surface area contributed by atoms with Crippen molar-refractivity contribution in [3.63, 3.8) is 0 Å². The van der Waals surface area contributed by atoms with Crippen LogP contribution in [0.15, 0.2) is 34.9 Å². The molecule has 6 heteroatoms. The minimum Gasteiger partial charge on any atom is -0.348 e. The molecule has 1 aromatic heterocycles. The normalized spacial score (nSPS) is 14.7. The molecule has 23 heavy (non-hydrogen) atoms. The minimum absolute atomic E-state index is 0.132. The highest BCUT2D eigenvalue weighted by atomic mass is 79.9. The fourth-order valence-corrected chi connectivity index (χ4v) is 3.05. The van der Waals surface area contributed by atoms with Gasteiger partial charge in [0.05, 0.1) is 0 Å². The van der Waals surface area contributed by atoms with Gasteiger partial charge in [-0.05, 0) is 43.5 Å². The van der Waals surface area contributed by atoms with Gasteiger partial charge in [0, 0.05) is 22.4 Å². The summed E-state index contributed by atoms with van der Waals surface area (Å²) >= 11 is 3.50. The van der Waals surface area contributed by atoms with Crippen molar-refractivity contribution in [2.75, 3.05) is 5.32 Å². The Hall–Kier alpha value is -1.95. The highest BCUT2D eigenvalue weighted by molar-refractivity contribution is 9.10. The predicted molar refractivity (Wildman–Crippen MR) is 93.9 cm³/mol. The maximum absolute atomic E-state index is 12.3. The number of aryl methyl sites for hydroxylation is 1. The third-order valence-corrected chi connectivity index (χ3v) is 4.86. The SMILES string of the molecule is Cc1ccc(Nc2nccc(C(=O)NC3CCCC3)n2)cc1Br. The number of halogens is 1. The molecule has 0 spiro atoms. The van der Waals surface area contributed by atoms with E-state index in [0.29, 0.717) is 11.6 Å². The van der Waals surface area contributed by atoms with Crippen molar-refractivity contribution in [2.45, 2.75) is 38.6 Å². The van der Waals surface area contributed by atoms with Gasteiger partial charge in [-0.2, -0.15) is 0 Å². The predicted octanol–water partition coefficient (Wildman–Crippen LogP) is 3.96. The van der Waals surface area contributed by atoms with Crippen LogP contribution in [0.5, 0.6) is 0 Å². The van der Waals surface area contributed by atoms with Gasteiger partial charge in [0.1, 0.15) is 5.69 Å². The molecule has 1 heterocycles. The molecule has 0 bridgehead atoms. The molecular weight excluding hydrogens is 356 g/mol. The van der Waals surface area contributed by atoms with Crippen LogP contribution in [0, 0.1) is 6.92 Å². The second-order valence-electron chi connectivity index (χ2n) is 5.81. The molecule has 2 aromatic rings. The van der Waals surface area contributed by atoms with E-state index in [1.165, 1.54) is 12.8 Å². The van der Waals surface area contributed by atoms with Crippen LogP contribution in [0.4, 0.5) is 11.6 Å². The number of amides is 1. The molecule has 0 radical (unpaired) electrons. The Kier molecular flexibility index (Phi) is 4.91. The molecule has 0 atom stereocenters. The van der Waals surface area contributed by atoms with E-state index in [-0.39, 0.29) is 11.9 Å². The summed E-state index contributed by atoms with van der Waals surface area (Å²) < 4.78 is 1.01. The van der Waals surface area contributed by atoms with E-state index in [9.17, 15) is 4.79 Å². The fraction of sp³-hybridized carbons (Fsp3) is 0.353. The number of nitrogens with zero attached hydrogens (tertiary/aromatic N) is 2. The second kappa shape index (κ2) is 7.08. The van der Waals surface area contributed by atoms with Gasteiger partial charge in [-0.1, -0.05) is 34.8 Å². The zero-order valence-electron chi connectivity index (χ0n) is 13.0. The number of nitrogens with one attached hydrogen (secondary N) is 2. The minimum atomic E-state index is -0.132. The highest BCUT2D eigenvalue weighted by Gasteiger charge is 2.18. The zero-order valence-corrected chi connectivity index (χ0v) is 14.6. The summed E-state index contributed by atoms with van der Waals surface area (Å²) in [5, 5.41) is 6.17. The van der Waals surface area contributed by atoms with E-state index < -0.39 is 0 Å². The molecule has 0 aliphatic heterocycles. The van der Waals surface area contributed by atoms with Crippen LogP contribution in [0.3, 0.4) is 0 Å². The maximum atomic E-state index is 12.3. The smallest absolute Gasteiger partial charge is 0.270 e. The summed E-state index contributed by atoms with van der Waals surface area (Å²) in [7, 11) is 0. The summed E-state index contributed by atoms with van der Waals surface area (Å²) in [4.78, 5) is 20.8. The highest BCUT2D eigenvalue weighted by Crippen LogP contribution is 2.22. The Labute approximate surface area is 144 Å². The van der Waals surface area contributed by atoms with Gasteiger partial charge < -0.3 is 10.6 Å². The number of carbonyl (C=O) groups excluding carboxylic acids is 1. The van der Waals surface area contributed by atoms with Crippen molar-refractivity contribution < 1.29 is 4.79 Å². The summed E-state index contributed by atoms with van der Waals surface area (Å²) in [6, 6.07) is 7.84. The fourth-order valence-electron chi connectivity index (χ4n) is 2.67. The van der Waals surface area contributed by atoms with Gasteiger partial charge in [-0.15, -0.1) is 0 Å². The van der Waals surface area contributed by atoms with Crippen LogP contribution in [-0.2, 0) is 0 Å². The number of rotatable bonds is 4. The van der Waals surface area contributed by atoms with Crippen molar-refractivity contribution in [2.24, 2.45) is 0 Å². The van der Waals surface area contributed by atoms with Gasteiger partial charge in [0.15, 0.2) is 0 Å². The molecule has 1 amide bonds. The van der Waals surface area contributed by atoms with E-state index >= 15 is 0 Å². The third-order valence-electron chi connectivity index (χ3n) is 4.01. The molecule has 1 fully saturated rings. The van der Waals surface area contributed by atoms with Gasteiger partial charge in [0.25, 0.3) is 5.91 Å². The first-order valence-corrected chi connectivity index (χ1v) is 8.58. The maximum Gasteiger partial charge on any atom is 0.270 e. The van der Waals surface area contributed by atoms with Gasteiger partial charge in [-0.3, -0.25) is 4.79 Å². The molecule has 1 aliphatic carbocycles. The lowest BCUT2D eigenvalue weighted by molar-refractivity contribution is 0.0933. The molecule has 1 saturated carbocycles. The average Bonchev–Trinajstić information content (AvgIpc) is 3.04. The number of anilines is 2. The molecular formula is C17H19BrN4O. The van der Waals surface area contributed by atoms with Crippen LogP contribution in [-0.4, -0.2) is 21.9 Å². The quantitative estimate of drug-likeness (QED) is 0.849. The molecule has 5 nitrogen and oxygen atoms in total. The number of carbonyl (C=O) groups is 1. The van der Waals surface area contributed by atoms with Gasteiger partial charge in [-0.25, -0.2) is 9.97 Å². The zero-order chi connectivity index (χ0) is 16.2. The number of benzene rings is 1. The monoisotopic (exact) mass is 374 g/mol. The first kappa shape index (κ1) is 15.9. The molecule has 2 N–H and O–H groups in total. The van der Waals surface area contributed by atoms with E-state index in [1.54, 1.807) is 12.3 Å². The van der Waals surface area contributed by atoms with Crippen molar-refractivity contribution in [1.82, 2.24) is 15.3 Å². The summed E-state index contributed by atoms with van der Waals surface area (Å²) in [6.45, 7) is 2.03. The molecule has 3 rings (SSSR count). The summed E-state index contributed by atoms with van der Waals surface area (Å²) in [5.41, 5.74) is 2.41. The van der Waals surface area contributed by atoms with Gasteiger partial charge in [0.2, 0.25) is 5.95 Å². The second-order valence-corrected chi connectivity index (χ2v) is 6.66. The Morgan fingerprint density at radius 3 is 2.78 bits per heavy atom. The van der Waals surface area contributed by atoms with Crippen molar-refractivity contribution in [3.05, 3.63) is 46.2 Å². The van der Waals surface area contributed by atoms with E-state index in [4.69, 9.17) is 0 Å². The first-order valence-electron chi connectivity index (χ1n) is 7.79. The summed E-state index contributed by atoms with van der Waals surface area (Å²) in [5.74, 6) is 0.285. The van der Waals surface area contributed by atoms with Crippen LogP contribution in [0.2, 0.25) is 0 Å². The lowest BCUT2D eigenvalue weighted by Crippen LogP contribution is -2.33. The first-order chi connectivity index (χ1) is 11.1. The average molecular weight is 375 g/mol. The van der Waals surface area contributed by atoms with Gasteiger partial charge >= 0.3 is 0 Å². The van der Waals surface area contributed by atoms with Crippen LogP contribution in [0.1, 0.15) is 41.7 Å². The van der Waals surface area contributed by atoms with Crippen LogP contribution < -0.4 is 10.6 Å². The van der Waals surface area contributed by atoms with E-state index in [2.05, 4.69) is 36.5 Å². The molecule has 1 aromatic carbocycles. The molecule has 0 unspecified atom stereocenters. The Bertz CT molecular complexity index is 713. The standard InChI is InChI=1S/C17H19BrN4O/c1-11-6-7-13(10-14(11)18)21-17-19-9-8-15(22-17)16(23)20-12-4-2-3-5-12/h6-10,12H,2-5H2,1H3,(H,20,23)(H,19,21,22). The Morgan fingerprint density at radius 1 is 1.26 bits per heavy atom. The number of hydrogen-bond acceptors (Lipinski definition) is 4. The number of aromatic nitrogens is 2. The largest absolute Gasteiger partial charge is 0.348 e. The van der Waals surface area contributed by atoms with Crippen molar-refractivity contribution in [3.8, 4) is 0 Å². The third kappa shape index (κ3) is 4.07. The van der Waals surface area contributed by atoms with Crippen molar-refractivity contribution in [1.29, 1.82) is 0 Å². The van der Waals surface area contributed by atoms with Crippen LogP contribution >= 0.6 is 15.9 Å². The van der Waals surface area contributed by atoms with E-state index in [0.717, 1.165) is 28.6 Å². The van der Waals surface area contributed by atoms with Crippen molar-refractivity contribution >= 4 is 33.5 Å². The Morgan fingerprint density at radius 2 is 2.04 bits per heavy atom. The topological polar surface area (TPSA) is 66.9 Å². The van der Waals surface area contributed by atoms with E-state index in [1.807, 2.05) is 25.1 Å². The molecule has 1 aliphatic rings. The molecule has 0 saturated heterocycles. The lowest BCUT2D eigenvalue weighted by Gasteiger charge is -2.12. The lowest BCUT2D eigenvalue weighted by atomic mass is 10.2. The molecule has 120 valence electrons. The number of hydrogen-bond donors (Lipinski definition) is 2. The van der Waals surface area contributed by atoms with Crippen LogP contribution in [0.25, 0.3) is 0 Å². The Balaban J connectivity index is 1.71.